The Labute approximate surface area is 220 Å². The van der Waals surface area contributed by atoms with Gasteiger partial charge in [0.1, 0.15) is 0 Å². The first-order valence-electron chi connectivity index (χ1n) is 12.3. The number of rotatable bonds is 9. The molecule has 0 radical (unpaired) electrons. The van der Waals surface area contributed by atoms with Crippen LogP contribution in [0.4, 0.5) is 5.69 Å². The molecule has 36 heavy (non-hydrogen) atoms. The lowest BCUT2D eigenvalue weighted by Crippen LogP contribution is -2.31. The molecular formula is C30H36N2O3S. The van der Waals surface area contributed by atoms with Crippen molar-refractivity contribution < 1.29 is 14.3 Å². The lowest BCUT2D eigenvalue weighted by Gasteiger charge is -2.20. The smallest absolute Gasteiger partial charge is 0.193 e. The van der Waals surface area contributed by atoms with Crippen LogP contribution in [0.3, 0.4) is 0 Å². The summed E-state index contributed by atoms with van der Waals surface area (Å²) in [5.41, 5.74) is 4.27. The number of carbonyl (C=O) groups is 1. The van der Waals surface area contributed by atoms with Gasteiger partial charge in [-0.15, -0.1) is 0 Å². The first kappa shape index (κ1) is 27.2. The summed E-state index contributed by atoms with van der Waals surface area (Å²) in [6.07, 6.45) is 0. The molecular weight excluding hydrogens is 468 g/mol. The van der Waals surface area contributed by atoms with Crippen LogP contribution in [-0.2, 0) is 5.41 Å². The Balaban J connectivity index is 1.67. The largest absolute Gasteiger partial charge is 0.490 e. The number of ketones is 1. The van der Waals surface area contributed by atoms with Crippen molar-refractivity contribution in [3.63, 3.8) is 0 Å². The normalized spacial score (nSPS) is 11.9. The molecule has 0 aliphatic heterocycles. The molecule has 0 heterocycles. The molecule has 0 aliphatic rings. The number of thiocarbonyl (C=S) groups is 1. The summed E-state index contributed by atoms with van der Waals surface area (Å²) >= 11 is 5.55. The standard InChI is InChI=1S/C30H36N2O3S/c1-7-34-26-17-14-22(19-27(26)35-8-2)20(3)31-29(36)32-25-11-9-10-23(18-25)28(33)21-12-15-24(16-13-21)30(4,5)6/h9-20H,7-8H2,1-6H3,(H2,31,32,36). The molecule has 190 valence electrons. The number of hydrogen-bond donors (Lipinski definition) is 2. The van der Waals surface area contributed by atoms with Crippen LogP contribution in [0.25, 0.3) is 0 Å². The number of carbonyl (C=O) groups excluding carboxylic acids is 1. The van der Waals surface area contributed by atoms with Crippen molar-refractivity contribution in [2.75, 3.05) is 18.5 Å². The van der Waals surface area contributed by atoms with Crippen LogP contribution >= 0.6 is 12.2 Å². The number of hydrogen-bond acceptors (Lipinski definition) is 4. The van der Waals surface area contributed by atoms with E-state index in [1.807, 2.05) is 87.5 Å². The third kappa shape index (κ3) is 7.08. The Morgan fingerprint density at radius 1 is 0.889 bits per heavy atom. The van der Waals surface area contributed by atoms with Crippen LogP contribution in [-0.4, -0.2) is 24.1 Å². The van der Waals surface area contributed by atoms with E-state index in [4.69, 9.17) is 21.7 Å². The number of benzene rings is 3. The molecule has 0 aromatic heterocycles. The van der Waals surface area contributed by atoms with Crippen LogP contribution in [0.15, 0.2) is 66.7 Å². The SMILES string of the molecule is CCOc1ccc(C(C)NC(=S)Nc2cccc(C(=O)c3ccc(C(C)(C)C)cc3)c2)cc1OCC. The highest BCUT2D eigenvalue weighted by molar-refractivity contribution is 7.80. The van der Waals surface area contributed by atoms with Crippen LogP contribution < -0.4 is 20.1 Å². The average molecular weight is 505 g/mol. The summed E-state index contributed by atoms with van der Waals surface area (Å²) in [4.78, 5) is 13.1. The zero-order valence-corrected chi connectivity index (χ0v) is 22.8. The predicted octanol–water partition coefficient (Wildman–Crippen LogP) is 7.06. The number of ether oxygens (including phenoxy) is 2. The second kappa shape index (κ2) is 12.0. The molecule has 0 amide bonds. The van der Waals surface area contributed by atoms with Crippen molar-refractivity contribution in [2.24, 2.45) is 0 Å². The van der Waals surface area contributed by atoms with Crippen LogP contribution in [0.5, 0.6) is 11.5 Å². The fourth-order valence-corrected chi connectivity index (χ4v) is 4.11. The van der Waals surface area contributed by atoms with Gasteiger partial charge in [0.25, 0.3) is 0 Å². The first-order chi connectivity index (χ1) is 17.1. The van der Waals surface area contributed by atoms with Gasteiger partial charge in [0.05, 0.1) is 19.3 Å². The molecule has 0 aliphatic carbocycles. The van der Waals surface area contributed by atoms with Gasteiger partial charge in [-0.3, -0.25) is 4.79 Å². The fraction of sp³-hybridized carbons (Fsp3) is 0.333. The van der Waals surface area contributed by atoms with Gasteiger partial charge in [-0.2, -0.15) is 0 Å². The van der Waals surface area contributed by atoms with E-state index in [0.717, 1.165) is 17.0 Å². The second-order valence-corrected chi connectivity index (χ2v) is 10.0. The van der Waals surface area contributed by atoms with E-state index >= 15 is 0 Å². The highest BCUT2D eigenvalue weighted by Crippen LogP contribution is 2.31. The second-order valence-electron chi connectivity index (χ2n) is 9.63. The van der Waals surface area contributed by atoms with Crippen molar-refractivity contribution in [1.29, 1.82) is 0 Å². The zero-order valence-electron chi connectivity index (χ0n) is 22.0. The molecule has 3 aromatic rings. The first-order valence-corrected chi connectivity index (χ1v) is 12.8. The van der Waals surface area contributed by atoms with Gasteiger partial charge >= 0.3 is 0 Å². The van der Waals surface area contributed by atoms with Gasteiger partial charge in [0.15, 0.2) is 22.4 Å². The molecule has 3 aromatic carbocycles. The van der Waals surface area contributed by atoms with Crippen LogP contribution in [0.2, 0.25) is 0 Å². The summed E-state index contributed by atoms with van der Waals surface area (Å²) in [5, 5.41) is 6.97. The molecule has 6 heteroatoms. The maximum absolute atomic E-state index is 13.1. The van der Waals surface area contributed by atoms with E-state index in [0.29, 0.717) is 35.2 Å². The Bertz CT molecular complexity index is 1200. The quantitative estimate of drug-likeness (QED) is 0.240. The van der Waals surface area contributed by atoms with Gasteiger partial charge in [0.2, 0.25) is 0 Å². The molecule has 0 saturated heterocycles. The molecule has 0 spiro atoms. The number of anilines is 1. The predicted molar refractivity (Wildman–Crippen MR) is 152 cm³/mol. The third-order valence-electron chi connectivity index (χ3n) is 5.81. The average Bonchev–Trinajstić information content (AvgIpc) is 2.84. The van der Waals surface area contributed by atoms with E-state index in [-0.39, 0.29) is 17.2 Å². The van der Waals surface area contributed by atoms with Crippen molar-refractivity contribution >= 4 is 28.8 Å². The summed E-state index contributed by atoms with van der Waals surface area (Å²) in [6.45, 7) is 13.5. The highest BCUT2D eigenvalue weighted by atomic mass is 32.1. The Kier molecular flexibility index (Phi) is 9.10. The van der Waals surface area contributed by atoms with Crippen molar-refractivity contribution in [3.05, 3.63) is 89.0 Å². The van der Waals surface area contributed by atoms with E-state index in [1.54, 1.807) is 0 Å². The van der Waals surface area contributed by atoms with Crippen molar-refractivity contribution in [3.8, 4) is 11.5 Å². The highest BCUT2D eigenvalue weighted by Gasteiger charge is 2.16. The maximum Gasteiger partial charge on any atom is 0.193 e. The number of nitrogens with one attached hydrogen (secondary N) is 2. The Morgan fingerprint density at radius 2 is 1.56 bits per heavy atom. The molecule has 0 fully saturated rings. The monoisotopic (exact) mass is 504 g/mol. The lowest BCUT2D eigenvalue weighted by atomic mass is 9.86. The van der Waals surface area contributed by atoms with Gasteiger partial charge in [-0.25, -0.2) is 0 Å². The Morgan fingerprint density at radius 3 is 2.19 bits per heavy atom. The van der Waals surface area contributed by atoms with E-state index in [1.165, 1.54) is 5.56 Å². The molecule has 5 nitrogen and oxygen atoms in total. The van der Waals surface area contributed by atoms with Crippen LogP contribution in [0, 0.1) is 0 Å². The molecule has 3 rings (SSSR count). The van der Waals surface area contributed by atoms with E-state index in [9.17, 15) is 4.79 Å². The summed E-state index contributed by atoms with van der Waals surface area (Å²) in [6, 6.07) is 21.0. The van der Waals surface area contributed by atoms with E-state index < -0.39 is 0 Å². The topological polar surface area (TPSA) is 59.6 Å². The lowest BCUT2D eigenvalue weighted by molar-refractivity contribution is 0.103. The summed E-state index contributed by atoms with van der Waals surface area (Å²) < 4.78 is 11.4. The summed E-state index contributed by atoms with van der Waals surface area (Å²) in [5.74, 6) is 1.42. The van der Waals surface area contributed by atoms with Gasteiger partial charge in [-0.05, 0) is 73.8 Å². The van der Waals surface area contributed by atoms with E-state index in [2.05, 4.69) is 31.4 Å². The minimum atomic E-state index is -0.0639. The molecule has 0 bridgehead atoms. The van der Waals surface area contributed by atoms with Crippen molar-refractivity contribution in [2.45, 2.75) is 53.0 Å². The molecule has 0 saturated carbocycles. The molecule has 1 atom stereocenters. The van der Waals surface area contributed by atoms with Gasteiger partial charge in [-0.1, -0.05) is 63.2 Å². The molecule has 1 unspecified atom stereocenters. The third-order valence-corrected chi connectivity index (χ3v) is 6.03. The van der Waals surface area contributed by atoms with Gasteiger partial charge < -0.3 is 20.1 Å². The Hall–Kier alpha value is -3.38. The minimum Gasteiger partial charge on any atom is -0.490 e. The summed E-state index contributed by atoms with van der Waals surface area (Å²) in [7, 11) is 0. The molecule has 2 N–H and O–H groups in total. The zero-order chi connectivity index (χ0) is 26.3. The van der Waals surface area contributed by atoms with Gasteiger partial charge in [0, 0.05) is 16.8 Å². The van der Waals surface area contributed by atoms with Crippen molar-refractivity contribution in [1.82, 2.24) is 5.32 Å². The minimum absolute atomic E-state index is 0.0239. The maximum atomic E-state index is 13.1. The fourth-order valence-electron chi connectivity index (χ4n) is 3.81. The van der Waals surface area contributed by atoms with Crippen LogP contribution in [0.1, 0.15) is 74.6 Å².